The number of carbonyl (C=O) groups is 2. The van der Waals surface area contributed by atoms with E-state index in [0.29, 0.717) is 39.9 Å². The number of aryl methyl sites for hydroxylation is 1. The summed E-state index contributed by atoms with van der Waals surface area (Å²) in [6.45, 7) is 1.99. The standard InChI is InChI=1S/C27H30N6O2S2/c1-16-7-5-8-17(13-16)23-19(14-28)25(29)33(20-11-6-12-21(34)24(20)23)26-31-32-27(37-26)36-15-22(35)30-18-9-3-2-4-10-18/h5,7-8,13,18,23H,2-4,6,9-12,15,29H2,1H3,(H,30,35). The van der Waals surface area contributed by atoms with Crippen molar-refractivity contribution in [3.8, 4) is 6.07 Å². The maximum atomic E-state index is 13.2. The van der Waals surface area contributed by atoms with Gasteiger partial charge in [0.05, 0.1) is 23.3 Å². The van der Waals surface area contributed by atoms with Crippen LogP contribution in [0.2, 0.25) is 0 Å². The van der Waals surface area contributed by atoms with Crippen molar-refractivity contribution in [1.29, 1.82) is 5.26 Å². The third kappa shape index (κ3) is 5.29. The van der Waals surface area contributed by atoms with E-state index in [1.807, 2.05) is 31.2 Å². The molecule has 3 N–H and O–H groups in total. The third-order valence-electron chi connectivity index (χ3n) is 7.17. The fourth-order valence-electron chi connectivity index (χ4n) is 5.48. The number of nitrogens with zero attached hydrogens (tertiary/aromatic N) is 4. The number of aromatic nitrogens is 2. The normalized spacial score (nSPS) is 20.6. The van der Waals surface area contributed by atoms with Crippen molar-refractivity contribution in [3.05, 3.63) is 58.1 Å². The molecule has 1 fully saturated rings. The lowest BCUT2D eigenvalue weighted by Crippen LogP contribution is -2.38. The average molecular weight is 535 g/mol. The molecule has 192 valence electrons. The van der Waals surface area contributed by atoms with Crippen LogP contribution in [-0.4, -0.2) is 33.7 Å². The summed E-state index contributed by atoms with van der Waals surface area (Å²) in [5.41, 5.74) is 10.3. The summed E-state index contributed by atoms with van der Waals surface area (Å²) in [4.78, 5) is 27.4. The predicted octanol–water partition coefficient (Wildman–Crippen LogP) is 4.69. The summed E-state index contributed by atoms with van der Waals surface area (Å²) in [6.07, 6.45) is 7.48. The third-order valence-corrected chi connectivity index (χ3v) is 9.21. The van der Waals surface area contributed by atoms with Crippen LogP contribution >= 0.6 is 23.1 Å². The highest BCUT2D eigenvalue weighted by Gasteiger charge is 2.41. The van der Waals surface area contributed by atoms with Gasteiger partial charge in [0.1, 0.15) is 5.82 Å². The number of benzene rings is 1. The van der Waals surface area contributed by atoms with Gasteiger partial charge in [-0.25, -0.2) is 0 Å². The SMILES string of the molecule is Cc1cccc(C2C(C#N)=C(N)N(c3nnc(SCC(=O)NC4CCCCC4)s3)C3=C2C(=O)CCC3)c1. The molecule has 37 heavy (non-hydrogen) atoms. The molecule has 1 aromatic carbocycles. The molecule has 0 bridgehead atoms. The Labute approximate surface area is 225 Å². The van der Waals surface area contributed by atoms with Crippen LogP contribution in [0.5, 0.6) is 0 Å². The topological polar surface area (TPSA) is 125 Å². The van der Waals surface area contributed by atoms with E-state index >= 15 is 0 Å². The van der Waals surface area contributed by atoms with E-state index in [-0.39, 0.29) is 29.3 Å². The van der Waals surface area contributed by atoms with Gasteiger partial charge < -0.3 is 11.1 Å². The van der Waals surface area contributed by atoms with Crippen LogP contribution in [0.15, 0.2) is 51.3 Å². The molecule has 8 nitrogen and oxygen atoms in total. The zero-order chi connectivity index (χ0) is 25.9. The number of Topliss-reactive ketones (excluding diaryl/α,β-unsaturated/α-hetero) is 1. The first-order chi connectivity index (χ1) is 18.0. The summed E-state index contributed by atoms with van der Waals surface area (Å²) in [6, 6.07) is 10.4. The monoisotopic (exact) mass is 534 g/mol. The molecule has 2 aromatic rings. The molecule has 3 aliphatic rings. The van der Waals surface area contributed by atoms with Gasteiger partial charge >= 0.3 is 0 Å². The minimum Gasteiger partial charge on any atom is -0.384 e. The Morgan fingerprint density at radius 1 is 1.24 bits per heavy atom. The first-order valence-electron chi connectivity index (χ1n) is 12.7. The van der Waals surface area contributed by atoms with E-state index in [2.05, 4.69) is 21.6 Å². The highest BCUT2D eigenvalue weighted by Crippen LogP contribution is 2.47. The molecule has 1 atom stereocenters. The number of thioether (sulfide) groups is 1. The Balaban J connectivity index is 1.41. The number of hydrogen-bond acceptors (Lipinski definition) is 9. The van der Waals surface area contributed by atoms with Gasteiger partial charge in [-0.1, -0.05) is 72.2 Å². The first-order valence-corrected chi connectivity index (χ1v) is 14.5. The number of amides is 1. The van der Waals surface area contributed by atoms with E-state index in [4.69, 9.17) is 5.73 Å². The van der Waals surface area contributed by atoms with Crippen molar-refractivity contribution in [1.82, 2.24) is 15.5 Å². The number of anilines is 1. The second-order valence-electron chi connectivity index (χ2n) is 9.77. The number of carbonyl (C=O) groups excluding carboxylic acids is 2. The summed E-state index contributed by atoms with van der Waals surface area (Å²) in [5, 5.41) is 22.4. The molecule has 0 radical (unpaired) electrons. The predicted molar refractivity (Wildman–Crippen MR) is 145 cm³/mol. The van der Waals surface area contributed by atoms with Gasteiger partial charge in [0.15, 0.2) is 10.1 Å². The minimum absolute atomic E-state index is 0.00154. The maximum absolute atomic E-state index is 13.2. The van der Waals surface area contributed by atoms with Crippen molar-refractivity contribution < 1.29 is 9.59 Å². The molecule has 1 amide bonds. The van der Waals surface area contributed by atoms with Crippen LogP contribution in [0.4, 0.5) is 5.13 Å². The number of ketones is 1. The Bertz CT molecular complexity index is 1320. The molecular formula is C27H30N6O2S2. The lowest BCUT2D eigenvalue weighted by Gasteiger charge is -2.38. The van der Waals surface area contributed by atoms with Crippen LogP contribution < -0.4 is 16.0 Å². The Morgan fingerprint density at radius 2 is 2.05 bits per heavy atom. The molecule has 10 heteroatoms. The lowest BCUT2D eigenvalue weighted by molar-refractivity contribution is -0.119. The molecule has 1 aliphatic heterocycles. The number of rotatable bonds is 6. The van der Waals surface area contributed by atoms with Crippen molar-refractivity contribution >= 4 is 39.9 Å². The van der Waals surface area contributed by atoms with Gasteiger partial charge in [-0.15, -0.1) is 10.2 Å². The van der Waals surface area contributed by atoms with Gasteiger partial charge in [0.25, 0.3) is 0 Å². The number of allylic oxidation sites excluding steroid dienone is 3. The van der Waals surface area contributed by atoms with Crippen LogP contribution in [-0.2, 0) is 9.59 Å². The van der Waals surface area contributed by atoms with Crippen molar-refractivity contribution in [2.45, 2.75) is 74.6 Å². The molecule has 1 unspecified atom stereocenters. The smallest absolute Gasteiger partial charge is 0.230 e. The Kier molecular flexibility index (Phi) is 7.63. The van der Waals surface area contributed by atoms with Gasteiger partial charge in [-0.2, -0.15) is 5.26 Å². The highest BCUT2D eigenvalue weighted by molar-refractivity contribution is 8.01. The molecule has 1 saturated carbocycles. The van der Waals surface area contributed by atoms with E-state index in [0.717, 1.165) is 29.7 Å². The average Bonchev–Trinajstić information content (AvgIpc) is 3.36. The molecule has 1 aromatic heterocycles. The quantitative estimate of drug-likeness (QED) is 0.511. The molecule has 5 rings (SSSR count). The van der Waals surface area contributed by atoms with Crippen molar-refractivity contribution in [2.24, 2.45) is 5.73 Å². The zero-order valence-electron chi connectivity index (χ0n) is 20.8. The number of nitrogens with one attached hydrogen (secondary N) is 1. The van der Waals surface area contributed by atoms with Gasteiger partial charge in [0.2, 0.25) is 11.0 Å². The van der Waals surface area contributed by atoms with E-state index < -0.39 is 5.92 Å². The Morgan fingerprint density at radius 3 is 2.81 bits per heavy atom. The number of hydrogen-bond donors (Lipinski definition) is 2. The van der Waals surface area contributed by atoms with Crippen molar-refractivity contribution in [3.63, 3.8) is 0 Å². The summed E-state index contributed by atoms with van der Waals surface area (Å²) >= 11 is 2.66. The summed E-state index contributed by atoms with van der Waals surface area (Å²) in [7, 11) is 0. The van der Waals surface area contributed by atoms with Crippen LogP contribution in [0.3, 0.4) is 0 Å². The summed E-state index contributed by atoms with van der Waals surface area (Å²) in [5.74, 6) is 0.0967. The maximum Gasteiger partial charge on any atom is 0.230 e. The van der Waals surface area contributed by atoms with Gasteiger partial charge in [-0.05, 0) is 38.2 Å². The fourth-order valence-corrected chi connectivity index (χ4v) is 7.17. The molecule has 2 heterocycles. The van der Waals surface area contributed by atoms with Crippen LogP contribution in [0.1, 0.15) is 68.4 Å². The van der Waals surface area contributed by atoms with Crippen LogP contribution in [0.25, 0.3) is 0 Å². The number of nitrogens with two attached hydrogens (primary N) is 1. The molecule has 2 aliphatic carbocycles. The van der Waals surface area contributed by atoms with E-state index in [9.17, 15) is 14.9 Å². The summed E-state index contributed by atoms with van der Waals surface area (Å²) < 4.78 is 0.644. The van der Waals surface area contributed by atoms with Crippen LogP contribution in [0, 0.1) is 18.3 Å². The minimum atomic E-state index is -0.491. The Hall–Kier alpha value is -3.16. The second kappa shape index (κ2) is 11.1. The number of nitriles is 1. The molecule has 0 spiro atoms. The van der Waals surface area contributed by atoms with E-state index in [1.54, 1.807) is 4.90 Å². The molecular weight excluding hydrogens is 504 g/mol. The zero-order valence-corrected chi connectivity index (χ0v) is 22.5. The van der Waals surface area contributed by atoms with E-state index in [1.165, 1.54) is 42.4 Å². The van der Waals surface area contributed by atoms with Gasteiger partial charge in [0, 0.05) is 23.7 Å². The van der Waals surface area contributed by atoms with Crippen molar-refractivity contribution in [2.75, 3.05) is 10.7 Å². The fraction of sp³-hybridized carbons (Fsp3) is 0.444. The first kappa shape index (κ1) is 25.5. The second-order valence-corrected chi connectivity index (χ2v) is 12.0. The lowest BCUT2D eigenvalue weighted by atomic mass is 9.75. The van der Waals surface area contributed by atoms with Gasteiger partial charge in [-0.3, -0.25) is 14.5 Å². The highest BCUT2D eigenvalue weighted by atomic mass is 32.2. The molecule has 0 saturated heterocycles. The largest absolute Gasteiger partial charge is 0.384 e.